The number of hydrogen-bond acceptors (Lipinski definition) is 5. The van der Waals surface area contributed by atoms with Crippen LogP contribution < -0.4 is 5.73 Å². The van der Waals surface area contributed by atoms with E-state index in [-0.39, 0.29) is 6.54 Å². The van der Waals surface area contributed by atoms with Gasteiger partial charge in [-0.15, -0.1) is 0 Å². The molecule has 13 heavy (non-hydrogen) atoms. The van der Waals surface area contributed by atoms with Crippen LogP contribution in [0.1, 0.15) is 0 Å². The Morgan fingerprint density at radius 1 is 1.31 bits per heavy atom. The van der Waals surface area contributed by atoms with Crippen LogP contribution in [0.4, 0.5) is 0 Å². The van der Waals surface area contributed by atoms with Crippen molar-refractivity contribution in [3.63, 3.8) is 0 Å². The molecule has 0 aliphatic carbocycles. The third-order valence-corrected chi connectivity index (χ3v) is 1.42. The van der Waals surface area contributed by atoms with Gasteiger partial charge in [-0.2, -0.15) is 0 Å². The highest BCUT2D eigenvalue weighted by molar-refractivity contribution is 4.42. The molecule has 5 nitrogen and oxygen atoms in total. The smallest absolute Gasteiger partial charge is 0.166 e. The Labute approximate surface area is 79.4 Å². The van der Waals surface area contributed by atoms with Crippen LogP contribution in [0.25, 0.3) is 0 Å². The second-order valence-corrected chi connectivity index (χ2v) is 2.98. The van der Waals surface area contributed by atoms with Gasteiger partial charge in [0.2, 0.25) is 0 Å². The zero-order valence-electron chi connectivity index (χ0n) is 8.40. The van der Waals surface area contributed by atoms with Crippen molar-refractivity contribution in [2.24, 2.45) is 5.73 Å². The summed E-state index contributed by atoms with van der Waals surface area (Å²) < 4.78 is 10.1. The minimum absolute atomic E-state index is 0.123. The third-order valence-electron chi connectivity index (χ3n) is 1.42. The first-order valence-electron chi connectivity index (χ1n) is 4.39. The number of nitrogens with zero attached hydrogens (tertiary/aromatic N) is 1. The molecule has 0 aliphatic rings. The molecule has 0 aromatic carbocycles. The molecule has 0 rings (SSSR count). The van der Waals surface area contributed by atoms with Gasteiger partial charge in [-0.3, -0.25) is 0 Å². The van der Waals surface area contributed by atoms with Crippen LogP contribution in [0.5, 0.6) is 0 Å². The first-order chi connectivity index (χ1) is 6.16. The lowest BCUT2D eigenvalue weighted by atomic mass is 10.6. The Morgan fingerprint density at radius 2 is 2.00 bits per heavy atom. The molecule has 0 spiro atoms. The molecule has 0 heterocycles. The summed E-state index contributed by atoms with van der Waals surface area (Å²) in [6.45, 7) is 2.56. The van der Waals surface area contributed by atoms with Gasteiger partial charge in [0, 0.05) is 13.1 Å². The monoisotopic (exact) mass is 192 g/mol. The zero-order chi connectivity index (χ0) is 10.1. The highest BCUT2D eigenvalue weighted by atomic mass is 16.6. The molecule has 0 saturated heterocycles. The Kier molecular flexibility index (Phi) is 8.27. The van der Waals surface area contributed by atoms with Crippen LogP contribution in [0.15, 0.2) is 0 Å². The minimum atomic E-state index is -0.863. The fourth-order valence-corrected chi connectivity index (χ4v) is 0.660. The first-order valence-corrected chi connectivity index (χ1v) is 4.39. The van der Waals surface area contributed by atoms with Gasteiger partial charge in [0.1, 0.15) is 0 Å². The lowest BCUT2D eigenvalue weighted by Gasteiger charge is -2.11. The lowest BCUT2D eigenvalue weighted by Crippen LogP contribution is -2.25. The quantitative estimate of drug-likeness (QED) is 0.376. The van der Waals surface area contributed by atoms with Crippen LogP contribution >= 0.6 is 0 Å². The molecule has 0 aromatic rings. The van der Waals surface area contributed by atoms with E-state index in [4.69, 9.17) is 20.3 Å². The molecule has 1 unspecified atom stereocenters. The molecule has 0 amide bonds. The Bertz CT molecular complexity index is 112. The maximum atomic E-state index is 8.89. The van der Waals surface area contributed by atoms with Gasteiger partial charge >= 0.3 is 0 Å². The van der Waals surface area contributed by atoms with Crippen molar-refractivity contribution < 1.29 is 14.6 Å². The maximum Gasteiger partial charge on any atom is 0.166 e. The molecule has 0 bridgehead atoms. The van der Waals surface area contributed by atoms with E-state index in [0.717, 1.165) is 6.54 Å². The van der Waals surface area contributed by atoms with Gasteiger partial charge < -0.3 is 25.2 Å². The van der Waals surface area contributed by atoms with Gasteiger partial charge in [-0.1, -0.05) is 0 Å². The third kappa shape index (κ3) is 9.72. The van der Waals surface area contributed by atoms with Gasteiger partial charge in [0.05, 0.1) is 19.8 Å². The minimum Gasteiger partial charge on any atom is -0.378 e. The fourth-order valence-electron chi connectivity index (χ4n) is 0.660. The van der Waals surface area contributed by atoms with E-state index in [0.29, 0.717) is 19.8 Å². The first kappa shape index (κ1) is 12.8. The molecule has 0 saturated carbocycles. The number of aliphatic hydroxyl groups is 1. The molecule has 1 atom stereocenters. The average molecular weight is 192 g/mol. The van der Waals surface area contributed by atoms with Crippen LogP contribution in [0.3, 0.4) is 0 Å². The summed E-state index contributed by atoms with van der Waals surface area (Å²) in [7, 11) is 3.97. The summed E-state index contributed by atoms with van der Waals surface area (Å²) in [5.41, 5.74) is 5.13. The van der Waals surface area contributed by atoms with Crippen LogP contribution in [-0.2, 0) is 9.47 Å². The molecule has 0 fully saturated rings. The van der Waals surface area contributed by atoms with Crippen molar-refractivity contribution in [3.8, 4) is 0 Å². The molecular weight excluding hydrogens is 172 g/mol. The fraction of sp³-hybridized carbons (Fsp3) is 1.00. The normalized spacial score (nSPS) is 13.6. The summed E-state index contributed by atoms with van der Waals surface area (Å²) >= 11 is 0. The number of rotatable bonds is 8. The predicted molar refractivity (Wildman–Crippen MR) is 50.4 cm³/mol. The van der Waals surface area contributed by atoms with E-state index in [1.807, 2.05) is 19.0 Å². The molecule has 3 N–H and O–H groups in total. The lowest BCUT2D eigenvalue weighted by molar-refractivity contribution is -0.105. The Balaban J connectivity index is 2.99. The summed E-state index contributed by atoms with van der Waals surface area (Å²) in [4.78, 5) is 2.04. The van der Waals surface area contributed by atoms with E-state index in [9.17, 15) is 0 Å². The predicted octanol–water partition coefficient (Wildman–Crippen LogP) is -1.14. The topological polar surface area (TPSA) is 68.0 Å². The van der Waals surface area contributed by atoms with Gasteiger partial charge in [0.25, 0.3) is 0 Å². The maximum absolute atomic E-state index is 8.89. The molecule has 0 aliphatic heterocycles. The highest BCUT2D eigenvalue weighted by Crippen LogP contribution is 1.84. The molecule has 0 aromatic heterocycles. The zero-order valence-corrected chi connectivity index (χ0v) is 8.40. The van der Waals surface area contributed by atoms with E-state index in [1.54, 1.807) is 0 Å². The van der Waals surface area contributed by atoms with E-state index in [1.165, 1.54) is 0 Å². The summed E-state index contributed by atoms with van der Waals surface area (Å²) in [5.74, 6) is 0. The van der Waals surface area contributed by atoms with Crippen LogP contribution in [0.2, 0.25) is 0 Å². The SMILES string of the molecule is CN(C)CCOCCOC(O)CN. The van der Waals surface area contributed by atoms with Crippen molar-refractivity contribution in [2.45, 2.75) is 6.29 Å². The number of aliphatic hydroxyl groups excluding tert-OH is 1. The number of likely N-dealkylation sites (N-methyl/N-ethyl adjacent to an activating group) is 1. The van der Waals surface area contributed by atoms with Gasteiger partial charge in [-0.25, -0.2) is 0 Å². The van der Waals surface area contributed by atoms with Crippen LogP contribution in [-0.4, -0.2) is 63.3 Å². The van der Waals surface area contributed by atoms with Gasteiger partial charge in [-0.05, 0) is 14.1 Å². The Morgan fingerprint density at radius 3 is 2.54 bits per heavy atom. The second kappa shape index (κ2) is 8.40. The second-order valence-electron chi connectivity index (χ2n) is 2.98. The Hall–Kier alpha value is -0.200. The van der Waals surface area contributed by atoms with Crippen molar-refractivity contribution >= 4 is 0 Å². The summed E-state index contributed by atoms with van der Waals surface area (Å²) in [6, 6.07) is 0. The van der Waals surface area contributed by atoms with E-state index < -0.39 is 6.29 Å². The highest BCUT2D eigenvalue weighted by Gasteiger charge is 1.98. The molecule has 0 radical (unpaired) electrons. The van der Waals surface area contributed by atoms with Crippen molar-refractivity contribution in [1.82, 2.24) is 4.90 Å². The van der Waals surface area contributed by atoms with Crippen molar-refractivity contribution in [2.75, 3.05) is 47.0 Å². The van der Waals surface area contributed by atoms with Gasteiger partial charge in [0.15, 0.2) is 6.29 Å². The molecular formula is C8H20N2O3. The average Bonchev–Trinajstić information content (AvgIpc) is 2.10. The number of ether oxygens (including phenoxy) is 2. The largest absolute Gasteiger partial charge is 0.378 e. The van der Waals surface area contributed by atoms with Crippen LogP contribution in [0, 0.1) is 0 Å². The summed E-state index contributed by atoms with van der Waals surface area (Å²) in [5, 5.41) is 8.89. The number of hydrogen-bond donors (Lipinski definition) is 2. The molecule has 5 heteroatoms. The standard InChI is InChI=1S/C8H20N2O3/c1-10(2)3-4-12-5-6-13-8(11)7-9/h8,11H,3-7,9H2,1-2H3. The van der Waals surface area contributed by atoms with E-state index >= 15 is 0 Å². The summed E-state index contributed by atoms with van der Waals surface area (Å²) in [6.07, 6.45) is -0.863. The van der Waals surface area contributed by atoms with Crippen molar-refractivity contribution in [3.05, 3.63) is 0 Å². The van der Waals surface area contributed by atoms with Crippen molar-refractivity contribution in [1.29, 1.82) is 0 Å². The molecule has 80 valence electrons. The van der Waals surface area contributed by atoms with E-state index in [2.05, 4.69) is 0 Å². The number of nitrogens with two attached hydrogens (primary N) is 1.